The zero-order chi connectivity index (χ0) is 10.9. The van der Waals surface area contributed by atoms with Gasteiger partial charge in [-0.2, -0.15) is 0 Å². The maximum Gasteiger partial charge on any atom is 0.0648 e. The third-order valence-electron chi connectivity index (χ3n) is 2.76. The molecule has 0 fully saturated rings. The highest BCUT2D eigenvalue weighted by Gasteiger charge is 2.18. The standard InChI is InChI=1S/C14H22O/c1-3-5-11-14(15-12-4-2)13-9-7-6-8-10-13/h4,6-9,13-14H,2-3,5,10-12H2,1H3/t13-,14+/m0/s1. The van der Waals surface area contributed by atoms with E-state index in [1.54, 1.807) is 0 Å². The summed E-state index contributed by atoms with van der Waals surface area (Å²) in [5, 5.41) is 0. The van der Waals surface area contributed by atoms with Gasteiger partial charge in [0.15, 0.2) is 0 Å². The number of hydrogen-bond acceptors (Lipinski definition) is 1. The van der Waals surface area contributed by atoms with E-state index in [2.05, 4.69) is 37.8 Å². The van der Waals surface area contributed by atoms with E-state index in [4.69, 9.17) is 4.74 Å². The first kappa shape index (κ1) is 12.3. The van der Waals surface area contributed by atoms with E-state index in [1.165, 1.54) is 12.8 Å². The van der Waals surface area contributed by atoms with Gasteiger partial charge >= 0.3 is 0 Å². The minimum absolute atomic E-state index is 0.365. The van der Waals surface area contributed by atoms with E-state index in [0.29, 0.717) is 18.6 Å². The zero-order valence-corrected chi connectivity index (χ0v) is 9.69. The molecule has 0 aliphatic heterocycles. The fraction of sp³-hybridized carbons (Fsp3) is 0.571. The van der Waals surface area contributed by atoms with Crippen LogP contribution in [0.5, 0.6) is 0 Å². The molecule has 0 radical (unpaired) electrons. The molecule has 0 aromatic rings. The fourth-order valence-corrected chi connectivity index (χ4v) is 1.89. The van der Waals surface area contributed by atoms with Crippen LogP contribution < -0.4 is 0 Å². The summed E-state index contributed by atoms with van der Waals surface area (Å²) in [6, 6.07) is 0. The van der Waals surface area contributed by atoms with Crippen molar-refractivity contribution in [1.29, 1.82) is 0 Å². The van der Waals surface area contributed by atoms with Gasteiger partial charge in [-0.1, -0.05) is 50.1 Å². The maximum absolute atomic E-state index is 5.83. The first-order chi connectivity index (χ1) is 7.38. The van der Waals surface area contributed by atoms with Crippen LogP contribution in [-0.4, -0.2) is 12.7 Å². The highest BCUT2D eigenvalue weighted by atomic mass is 16.5. The molecule has 1 aliphatic carbocycles. The number of ether oxygens (including phenoxy) is 1. The molecule has 0 aromatic heterocycles. The van der Waals surface area contributed by atoms with Gasteiger partial charge in [0.1, 0.15) is 0 Å². The highest BCUT2D eigenvalue weighted by molar-refractivity contribution is 5.12. The SMILES string of the molecule is C=CCO[C@H](CCCC)[C@H]1C=CC=CC1. The number of unbranched alkanes of at least 4 members (excludes halogenated alkanes) is 1. The molecule has 0 bridgehead atoms. The highest BCUT2D eigenvalue weighted by Crippen LogP contribution is 2.22. The van der Waals surface area contributed by atoms with Crippen molar-refractivity contribution in [3.05, 3.63) is 37.0 Å². The Balaban J connectivity index is 2.42. The quantitative estimate of drug-likeness (QED) is 0.574. The van der Waals surface area contributed by atoms with Gasteiger partial charge in [-0.3, -0.25) is 0 Å². The van der Waals surface area contributed by atoms with Gasteiger partial charge in [-0.05, 0) is 12.8 Å². The predicted molar refractivity (Wildman–Crippen MR) is 65.8 cm³/mol. The second-order valence-corrected chi connectivity index (χ2v) is 4.02. The van der Waals surface area contributed by atoms with Gasteiger partial charge in [-0.15, -0.1) is 6.58 Å². The van der Waals surface area contributed by atoms with Crippen molar-refractivity contribution in [3.63, 3.8) is 0 Å². The van der Waals surface area contributed by atoms with Gasteiger partial charge in [-0.25, -0.2) is 0 Å². The first-order valence-electron chi connectivity index (χ1n) is 5.94. The topological polar surface area (TPSA) is 9.23 Å². The van der Waals surface area contributed by atoms with Gasteiger partial charge in [0.05, 0.1) is 12.7 Å². The van der Waals surface area contributed by atoms with Gasteiger partial charge < -0.3 is 4.74 Å². The summed E-state index contributed by atoms with van der Waals surface area (Å²) < 4.78 is 5.83. The molecule has 0 heterocycles. The van der Waals surface area contributed by atoms with Crippen molar-refractivity contribution in [2.24, 2.45) is 5.92 Å². The van der Waals surface area contributed by atoms with Crippen molar-refractivity contribution in [2.75, 3.05) is 6.61 Å². The summed E-state index contributed by atoms with van der Waals surface area (Å²) >= 11 is 0. The molecule has 0 unspecified atom stereocenters. The van der Waals surface area contributed by atoms with Crippen molar-refractivity contribution in [2.45, 2.75) is 38.7 Å². The van der Waals surface area contributed by atoms with Crippen LogP contribution in [0.4, 0.5) is 0 Å². The Hall–Kier alpha value is -0.820. The number of hydrogen-bond donors (Lipinski definition) is 0. The monoisotopic (exact) mass is 206 g/mol. The fourth-order valence-electron chi connectivity index (χ4n) is 1.89. The summed E-state index contributed by atoms with van der Waals surface area (Å²) in [6.07, 6.45) is 15.7. The van der Waals surface area contributed by atoms with Crippen molar-refractivity contribution in [3.8, 4) is 0 Å². The van der Waals surface area contributed by atoms with E-state index in [0.717, 1.165) is 12.8 Å². The molecular weight excluding hydrogens is 184 g/mol. The van der Waals surface area contributed by atoms with Gasteiger partial charge in [0.25, 0.3) is 0 Å². The molecular formula is C14H22O. The number of rotatable bonds is 7. The van der Waals surface area contributed by atoms with Crippen LogP contribution in [0.25, 0.3) is 0 Å². The lowest BCUT2D eigenvalue weighted by molar-refractivity contribution is 0.0365. The Morgan fingerprint density at radius 3 is 3.00 bits per heavy atom. The van der Waals surface area contributed by atoms with Crippen LogP contribution in [0.2, 0.25) is 0 Å². The summed E-state index contributed by atoms with van der Waals surface area (Å²) in [6.45, 7) is 6.59. The average Bonchev–Trinajstić information content (AvgIpc) is 2.30. The zero-order valence-electron chi connectivity index (χ0n) is 9.69. The Bertz CT molecular complexity index is 227. The molecule has 0 spiro atoms. The molecule has 84 valence electrons. The second-order valence-electron chi connectivity index (χ2n) is 4.02. The maximum atomic E-state index is 5.83. The molecule has 0 saturated carbocycles. The third-order valence-corrected chi connectivity index (χ3v) is 2.76. The summed E-state index contributed by atoms with van der Waals surface area (Å²) in [4.78, 5) is 0. The van der Waals surface area contributed by atoms with Crippen LogP contribution in [0.1, 0.15) is 32.6 Å². The van der Waals surface area contributed by atoms with Crippen LogP contribution in [0.15, 0.2) is 37.0 Å². The molecule has 15 heavy (non-hydrogen) atoms. The lowest BCUT2D eigenvalue weighted by atomic mass is 9.91. The average molecular weight is 206 g/mol. The van der Waals surface area contributed by atoms with E-state index in [1.807, 2.05) is 6.08 Å². The minimum atomic E-state index is 0.365. The molecule has 1 aliphatic rings. The molecule has 1 heteroatoms. The summed E-state index contributed by atoms with van der Waals surface area (Å²) in [5.74, 6) is 0.557. The summed E-state index contributed by atoms with van der Waals surface area (Å²) in [5.41, 5.74) is 0. The normalized spacial score (nSPS) is 21.5. The summed E-state index contributed by atoms with van der Waals surface area (Å²) in [7, 11) is 0. The Labute approximate surface area is 93.5 Å². The lowest BCUT2D eigenvalue weighted by Gasteiger charge is -2.25. The van der Waals surface area contributed by atoms with Crippen LogP contribution in [0.3, 0.4) is 0 Å². The first-order valence-corrected chi connectivity index (χ1v) is 5.94. The van der Waals surface area contributed by atoms with Crippen LogP contribution in [0, 0.1) is 5.92 Å². The van der Waals surface area contributed by atoms with Crippen molar-refractivity contribution in [1.82, 2.24) is 0 Å². The predicted octanol–water partition coefficient (Wildman–Crippen LogP) is 3.88. The van der Waals surface area contributed by atoms with Gasteiger partial charge in [0, 0.05) is 5.92 Å². The lowest BCUT2D eigenvalue weighted by Crippen LogP contribution is -2.23. The van der Waals surface area contributed by atoms with Crippen LogP contribution in [-0.2, 0) is 4.74 Å². The Morgan fingerprint density at radius 1 is 1.53 bits per heavy atom. The molecule has 0 saturated heterocycles. The van der Waals surface area contributed by atoms with E-state index in [9.17, 15) is 0 Å². The van der Waals surface area contributed by atoms with Crippen molar-refractivity contribution >= 4 is 0 Å². The third kappa shape index (κ3) is 4.48. The van der Waals surface area contributed by atoms with Gasteiger partial charge in [0.2, 0.25) is 0 Å². The Morgan fingerprint density at radius 2 is 2.40 bits per heavy atom. The van der Waals surface area contributed by atoms with Crippen LogP contribution >= 0.6 is 0 Å². The Kier molecular flexibility index (Phi) is 6.10. The minimum Gasteiger partial charge on any atom is -0.374 e. The molecule has 0 N–H and O–H groups in total. The number of allylic oxidation sites excluding steroid dienone is 3. The molecule has 1 nitrogen and oxygen atoms in total. The van der Waals surface area contributed by atoms with Crippen molar-refractivity contribution < 1.29 is 4.74 Å². The molecule has 0 amide bonds. The second kappa shape index (κ2) is 7.47. The smallest absolute Gasteiger partial charge is 0.0648 e. The molecule has 1 rings (SSSR count). The molecule has 2 atom stereocenters. The van der Waals surface area contributed by atoms with E-state index < -0.39 is 0 Å². The largest absolute Gasteiger partial charge is 0.374 e. The van der Waals surface area contributed by atoms with E-state index in [-0.39, 0.29) is 0 Å². The van der Waals surface area contributed by atoms with E-state index >= 15 is 0 Å². The molecule has 0 aromatic carbocycles.